The van der Waals surface area contributed by atoms with E-state index in [9.17, 15) is 42.7 Å². The Bertz CT molecular complexity index is 2420. The van der Waals surface area contributed by atoms with Gasteiger partial charge in [0.05, 0.1) is 57.7 Å². The first-order valence-corrected chi connectivity index (χ1v) is 21.7. The molecule has 0 bridgehead atoms. The number of carbonyl (C=O) groups excluding carboxylic acids is 4. The number of nitriles is 1. The summed E-state index contributed by atoms with van der Waals surface area (Å²) in [6.45, 7) is 10.8. The summed E-state index contributed by atoms with van der Waals surface area (Å²) in [6, 6.07) is 17.3. The third-order valence-corrected chi connectivity index (χ3v) is 12.6. The SMILES string of the molecule is Cc1ncsc1-c1ccc(CCC(=O)[C@@H]2C[C@@H](O)CN2C(=O)[C@@H](NC(=O)CCCOc2ccc(N3C(=S)N(c4ccc(C#N)c(C(F)(F)F)c4)C(=O)C3(C)C)cc2)C(C)(C)C)cc1. The molecule has 0 saturated carbocycles. The molecule has 3 atom stereocenters. The Morgan fingerprint density at radius 1 is 1.05 bits per heavy atom. The molecule has 0 unspecified atom stereocenters. The number of aromatic nitrogens is 1. The minimum absolute atomic E-state index is 0.0112. The number of alkyl halides is 3. The number of thiocarbonyl (C=S) groups is 1. The third kappa shape index (κ3) is 10.2. The van der Waals surface area contributed by atoms with E-state index < -0.39 is 58.3 Å². The summed E-state index contributed by atoms with van der Waals surface area (Å²) >= 11 is 7.19. The number of benzene rings is 3. The van der Waals surface area contributed by atoms with E-state index in [1.54, 1.807) is 55.0 Å². The van der Waals surface area contributed by atoms with Gasteiger partial charge in [-0.3, -0.25) is 24.1 Å². The van der Waals surface area contributed by atoms with Crippen molar-refractivity contribution in [2.45, 2.75) is 104 Å². The average Bonchev–Trinajstić information content (AvgIpc) is 3.89. The van der Waals surface area contributed by atoms with Gasteiger partial charge in [0.2, 0.25) is 11.8 Å². The van der Waals surface area contributed by atoms with Gasteiger partial charge in [-0.05, 0) is 105 Å². The van der Waals surface area contributed by atoms with Crippen molar-refractivity contribution in [3.8, 4) is 22.3 Å². The molecule has 3 heterocycles. The number of Topliss-reactive ketones (excluding diaryl/α,β-unsaturated/α-hetero) is 1. The van der Waals surface area contributed by atoms with Crippen molar-refractivity contribution in [1.82, 2.24) is 15.2 Å². The van der Waals surface area contributed by atoms with Crippen molar-refractivity contribution in [3.63, 3.8) is 0 Å². The van der Waals surface area contributed by atoms with Crippen LogP contribution in [-0.2, 0) is 31.8 Å². The Morgan fingerprint density at radius 3 is 2.32 bits per heavy atom. The molecule has 12 nitrogen and oxygen atoms in total. The van der Waals surface area contributed by atoms with Gasteiger partial charge in [-0.1, -0.05) is 45.0 Å². The van der Waals surface area contributed by atoms with Crippen molar-refractivity contribution in [3.05, 3.63) is 94.6 Å². The summed E-state index contributed by atoms with van der Waals surface area (Å²) in [4.78, 5) is 63.8. The smallest absolute Gasteiger partial charge is 0.417 e. The van der Waals surface area contributed by atoms with Crippen LogP contribution in [0.15, 0.2) is 72.2 Å². The Balaban J connectivity index is 1.02. The van der Waals surface area contributed by atoms with Gasteiger partial charge >= 0.3 is 6.18 Å². The molecule has 6 rings (SSSR count). The van der Waals surface area contributed by atoms with Gasteiger partial charge in [-0.2, -0.15) is 18.4 Å². The summed E-state index contributed by atoms with van der Waals surface area (Å²) in [6.07, 6.45) is -4.57. The maximum Gasteiger partial charge on any atom is 0.417 e. The number of aliphatic hydroxyl groups is 1. The number of hydrogen-bond acceptors (Lipinski definition) is 10. The number of halogens is 3. The highest BCUT2D eigenvalue weighted by molar-refractivity contribution is 7.81. The number of anilines is 2. The Hall–Kier alpha value is -5.70. The van der Waals surface area contributed by atoms with Gasteiger partial charge in [0.1, 0.15) is 17.3 Å². The lowest BCUT2D eigenvalue weighted by Gasteiger charge is -2.35. The topological polar surface area (TPSA) is 156 Å². The summed E-state index contributed by atoms with van der Waals surface area (Å²) in [7, 11) is 0. The zero-order valence-corrected chi connectivity index (χ0v) is 37.4. The van der Waals surface area contributed by atoms with Crippen molar-refractivity contribution in [2.75, 3.05) is 23.0 Å². The van der Waals surface area contributed by atoms with E-state index in [2.05, 4.69) is 10.3 Å². The van der Waals surface area contributed by atoms with Gasteiger partial charge in [-0.25, -0.2) is 4.98 Å². The van der Waals surface area contributed by atoms with E-state index >= 15 is 0 Å². The summed E-state index contributed by atoms with van der Waals surface area (Å²) in [5, 5.41) is 22.6. The van der Waals surface area contributed by atoms with Crippen LogP contribution in [0.2, 0.25) is 0 Å². The van der Waals surface area contributed by atoms with Crippen molar-refractivity contribution in [1.29, 1.82) is 5.26 Å². The lowest BCUT2D eigenvalue weighted by Crippen LogP contribution is -2.56. The van der Waals surface area contributed by atoms with Crippen LogP contribution in [0, 0.1) is 23.7 Å². The number of β-amino-alcohol motifs (C(OH)–C–C–N with tert-alkyl or cyclic N) is 1. The highest BCUT2D eigenvalue weighted by atomic mass is 32.1. The van der Waals surface area contributed by atoms with Crippen LogP contribution >= 0.6 is 23.6 Å². The summed E-state index contributed by atoms with van der Waals surface area (Å²) in [5.41, 5.74) is 1.43. The molecule has 2 aliphatic heterocycles. The fraction of sp³-hybridized carbons (Fsp3) is 0.413. The van der Waals surface area contributed by atoms with Crippen molar-refractivity contribution in [2.24, 2.45) is 5.41 Å². The van der Waals surface area contributed by atoms with Gasteiger partial charge < -0.3 is 25.0 Å². The molecule has 3 aromatic carbocycles. The van der Waals surface area contributed by atoms with E-state index in [0.29, 0.717) is 24.3 Å². The number of nitrogens with zero attached hydrogens (tertiary/aromatic N) is 5. The number of ketones is 1. The second-order valence-corrected chi connectivity index (χ2v) is 18.5. The number of hydrogen-bond donors (Lipinski definition) is 2. The van der Waals surface area contributed by atoms with Gasteiger partial charge in [0.25, 0.3) is 5.91 Å². The number of amides is 3. The largest absolute Gasteiger partial charge is 0.494 e. The molecule has 4 aromatic rings. The Labute approximate surface area is 373 Å². The first kappa shape index (κ1) is 46.8. The standard InChI is InChI=1S/C46H49F3N6O6S2/c1-27-39(63-26-51-27)29-12-9-28(10-13-29)11-20-37(57)36-23-33(56)25-53(36)41(59)40(44(2,3)4)52-38(58)8-7-21-61-34-18-16-31(17-19-34)55-43(62)54(42(60)45(55,5)6)32-15-14-30(24-50)35(22-32)46(47,48)49/h9-10,12-19,22,26,33,36,40,56H,7-8,11,20-21,23,25H2,1-6H3,(H,52,58)/t33-,36+,40-/m1/s1. The van der Waals surface area contributed by atoms with E-state index in [4.69, 9.17) is 17.0 Å². The molecular weight excluding hydrogens is 854 g/mol. The molecular formula is C46H49F3N6O6S2. The predicted octanol–water partition coefficient (Wildman–Crippen LogP) is 7.78. The number of thiazole rings is 1. The number of rotatable bonds is 14. The van der Waals surface area contributed by atoms with Crippen LogP contribution in [-0.4, -0.2) is 80.5 Å². The number of carbonyl (C=O) groups is 4. The molecule has 0 radical (unpaired) electrons. The monoisotopic (exact) mass is 902 g/mol. The average molecular weight is 903 g/mol. The van der Waals surface area contributed by atoms with Crippen LogP contribution in [0.3, 0.4) is 0 Å². The van der Waals surface area contributed by atoms with Crippen molar-refractivity contribution >= 4 is 63.5 Å². The molecule has 0 spiro atoms. The molecule has 17 heteroatoms. The molecule has 2 saturated heterocycles. The van der Waals surface area contributed by atoms with Gasteiger partial charge in [-0.15, -0.1) is 11.3 Å². The van der Waals surface area contributed by atoms with Crippen molar-refractivity contribution < 1.29 is 42.2 Å². The first-order chi connectivity index (χ1) is 29.6. The van der Waals surface area contributed by atoms with E-state index in [1.165, 1.54) is 21.9 Å². The molecule has 2 fully saturated rings. The van der Waals surface area contributed by atoms with Crippen LogP contribution in [0.1, 0.15) is 82.7 Å². The van der Waals surface area contributed by atoms with E-state index in [1.807, 2.05) is 52.0 Å². The van der Waals surface area contributed by atoms with E-state index in [-0.39, 0.29) is 54.9 Å². The molecule has 63 heavy (non-hydrogen) atoms. The van der Waals surface area contributed by atoms with Crippen LogP contribution < -0.4 is 19.9 Å². The summed E-state index contributed by atoms with van der Waals surface area (Å²) in [5.74, 6) is -1.08. The molecule has 332 valence electrons. The van der Waals surface area contributed by atoms with Crippen LogP contribution in [0.25, 0.3) is 10.4 Å². The third-order valence-electron chi connectivity index (χ3n) is 11.2. The lowest BCUT2D eigenvalue weighted by molar-refractivity contribution is -0.143. The van der Waals surface area contributed by atoms with Crippen LogP contribution in [0.5, 0.6) is 5.75 Å². The molecule has 1 aromatic heterocycles. The quantitative estimate of drug-likeness (QED) is 0.0947. The zero-order valence-electron chi connectivity index (χ0n) is 35.8. The van der Waals surface area contributed by atoms with Gasteiger partial charge in [0, 0.05) is 31.5 Å². The van der Waals surface area contributed by atoms with E-state index in [0.717, 1.165) is 38.7 Å². The lowest BCUT2D eigenvalue weighted by atomic mass is 9.85. The second kappa shape index (κ2) is 18.6. The van der Waals surface area contributed by atoms with Crippen LogP contribution in [0.4, 0.5) is 24.5 Å². The highest BCUT2D eigenvalue weighted by Gasteiger charge is 2.51. The predicted molar refractivity (Wildman–Crippen MR) is 237 cm³/mol. The summed E-state index contributed by atoms with van der Waals surface area (Å²) < 4.78 is 47.1. The minimum atomic E-state index is -4.82. The number of aliphatic hydroxyl groups excluding tert-OH is 1. The fourth-order valence-electron chi connectivity index (χ4n) is 7.82. The molecule has 2 aliphatic rings. The molecule has 3 amide bonds. The number of nitrogens with one attached hydrogen (secondary N) is 1. The number of likely N-dealkylation sites (tertiary alicyclic amines) is 1. The zero-order chi connectivity index (χ0) is 46.0. The molecule has 2 N–H and O–H groups in total. The maximum absolute atomic E-state index is 14.1. The second-order valence-electron chi connectivity index (χ2n) is 17.3. The number of ether oxygens (including phenoxy) is 1. The molecule has 0 aliphatic carbocycles. The Kier molecular flexibility index (Phi) is 13.8. The normalized spacial score (nSPS) is 18.1. The minimum Gasteiger partial charge on any atom is -0.494 e. The van der Waals surface area contributed by atoms with Gasteiger partial charge in [0.15, 0.2) is 10.9 Å². The highest BCUT2D eigenvalue weighted by Crippen LogP contribution is 2.40. The number of aryl methyl sites for hydroxylation is 2. The maximum atomic E-state index is 14.1. The first-order valence-electron chi connectivity index (χ1n) is 20.4. The fourth-order valence-corrected chi connectivity index (χ4v) is 9.15. The Morgan fingerprint density at radius 2 is 1.71 bits per heavy atom.